The zero-order valence-corrected chi connectivity index (χ0v) is 26.0. The molecule has 1 aliphatic heterocycles. The van der Waals surface area contributed by atoms with Crippen LogP contribution in [0.2, 0.25) is 0 Å². The van der Waals surface area contributed by atoms with Crippen LogP contribution in [0.5, 0.6) is 0 Å². The Balaban J connectivity index is 1.39. The summed E-state index contributed by atoms with van der Waals surface area (Å²) in [4.78, 5) is 40.8. The first-order chi connectivity index (χ1) is 21.2. The SMILES string of the molecule is O=C=C1CC(N2Cc3ccc(C(=O)C(Cl)(Cl)Cl)n3Cc3ccccc32)=CC(NC(=O)c2ccccc2-c2ccccc2)=C1Cl. The monoisotopic (exact) mass is 661 g/mol. The largest absolute Gasteiger partial charge is 0.338 e. The molecular weight excluding hydrogens is 640 g/mol. The quantitative estimate of drug-likeness (QED) is 0.134. The van der Waals surface area contributed by atoms with E-state index in [1.807, 2.05) is 88.2 Å². The van der Waals surface area contributed by atoms with Crippen LogP contribution in [0.3, 0.4) is 0 Å². The van der Waals surface area contributed by atoms with E-state index >= 15 is 0 Å². The first-order valence-electron chi connectivity index (χ1n) is 13.6. The van der Waals surface area contributed by atoms with E-state index in [-0.39, 0.29) is 34.3 Å². The molecule has 220 valence electrons. The van der Waals surface area contributed by atoms with E-state index in [1.165, 1.54) is 0 Å². The highest BCUT2D eigenvalue weighted by molar-refractivity contribution is 6.77. The molecule has 0 fully saturated rings. The molecule has 6 rings (SSSR count). The number of nitrogens with one attached hydrogen (secondary N) is 1. The van der Waals surface area contributed by atoms with Crippen molar-refractivity contribution in [3.8, 4) is 11.1 Å². The van der Waals surface area contributed by atoms with Gasteiger partial charge in [-0.1, -0.05) is 113 Å². The second kappa shape index (κ2) is 12.2. The van der Waals surface area contributed by atoms with Crippen LogP contribution < -0.4 is 10.2 Å². The van der Waals surface area contributed by atoms with Gasteiger partial charge in [-0.2, -0.15) is 0 Å². The molecule has 2 heterocycles. The summed E-state index contributed by atoms with van der Waals surface area (Å²) in [5.41, 5.74) is 6.13. The molecule has 0 bridgehead atoms. The van der Waals surface area contributed by atoms with E-state index in [9.17, 15) is 14.4 Å². The minimum absolute atomic E-state index is 0.122. The number of benzene rings is 3. The van der Waals surface area contributed by atoms with Gasteiger partial charge in [-0.15, -0.1) is 0 Å². The minimum atomic E-state index is -2.11. The Hall–Kier alpha value is -4.03. The molecule has 0 radical (unpaired) electrons. The van der Waals surface area contributed by atoms with Gasteiger partial charge in [-0.3, -0.25) is 9.59 Å². The third-order valence-corrected chi connectivity index (χ3v) is 8.58. The molecule has 0 saturated heterocycles. The van der Waals surface area contributed by atoms with Crippen molar-refractivity contribution >= 4 is 69.7 Å². The summed E-state index contributed by atoms with van der Waals surface area (Å²) in [6.45, 7) is 0.689. The van der Waals surface area contributed by atoms with E-state index in [4.69, 9.17) is 46.4 Å². The van der Waals surface area contributed by atoms with E-state index in [2.05, 4.69) is 5.32 Å². The number of anilines is 1. The van der Waals surface area contributed by atoms with Crippen LogP contribution in [0.15, 0.2) is 119 Å². The van der Waals surface area contributed by atoms with Crippen LogP contribution in [0.25, 0.3) is 11.1 Å². The van der Waals surface area contributed by atoms with Crippen LogP contribution in [-0.4, -0.2) is 26.0 Å². The first kappa shape index (κ1) is 30.0. The number of para-hydroxylation sites is 1. The number of hydrogen-bond donors (Lipinski definition) is 1. The molecule has 1 aliphatic carbocycles. The molecule has 1 aromatic heterocycles. The number of ketones is 1. The number of Topliss-reactive ketones (excluding diaryl/α,β-unsaturated/α-hetero) is 1. The summed E-state index contributed by atoms with van der Waals surface area (Å²) < 4.78 is -0.279. The maximum absolute atomic E-state index is 13.7. The third kappa shape index (κ3) is 5.75. The van der Waals surface area contributed by atoms with E-state index < -0.39 is 9.58 Å². The maximum Gasteiger partial charge on any atom is 0.256 e. The lowest BCUT2D eigenvalue weighted by Crippen LogP contribution is -2.29. The lowest BCUT2D eigenvalue weighted by Gasteiger charge is -2.30. The van der Waals surface area contributed by atoms with E-state index in [1.54, 1.807) is 24.3 Å². The number of hydrogen-bond acceptors (Lipinski definition) is 4. The highest BCUT2D eigenvalue weighted by Crippen LogP contribution is 2.39. The molecule has 3 aromatic carbocycles. The standard InChI is InChI=1S/C34H23Cl4N3O3/c35-31-23(20-42)16-25(17-28(31)39-33(44)27-12-6-5-11-26(27)21-8-2-1-3-9-21)41-19-24-14-15-30(32(43)34(36,37)38)40(24)18-22-10-4-7-13-29(22)41/h1-15,17H,16,18-19H2,(H,39,44). The van der Waals surface area contributed by atoms with E-state index in [0.29, 0.717) is 24.4 Å². The van der Waals surface area contributed by atoms with Gasteiger partial charge < -0.3 is 14.8 Å². The van der Waals surface area contributed by atoms with Gasteiger partial charge in [0.15, 0.2) is 0 Å². The molecule has 44 heavy (non-hydrogen) atoms. The summed E-state index contributed by atoms with van der Waals surface area (Å²) in [6, 6.07) is 28.1. The summed E-state index contributed by atoms with van der Waals surface area (Å²) in [6.07, 6.45) is 1.95. The van der Waals surface area contributed by atoms with Crippen molar-refractivity contribution in [3.63, 3.8) is 0 Å². The number of alkyl halides is 3. The predicted octanol–water partition coefficient (Wildman–Crippen LogP) is 8.00. The lowest BCUT2D eigenvalue weighted by atomic mass is 9.98. The number of aromatic nitrogens is 1. The smallest absolute Gasteiger partial charge is 0.256 e. The van der Waals surface area contributed by atoms with Gasteiger partial charge in [0, 0.05) is 29.1 Å². The Morgan fingerprint density at radius 1 is 0.841 bits per heavy atom. The zero-order valence-electron chi connectivity index (χ0n) is 23.0. The van der Waals surface area contributed by atoms with E-state index in [0.717, 1.165) is 28.1 Å². The minimum Gasteiger partial charge on any atom is -0.338 e. The second-order valence-corrected chi connectivity index (χ2v) is 13.0. The van der Waals surface area contributed by atoms with Crippen molar-refractivity contribution in [2.24, 2.45) is 0 Å². The molecule has 2 aliphatic rings. The van der Waals surface area contributed by atoms with Crippen LogP contribution in [0.1, 0.15) is 38.5 Å². The maximum atomic E-state index is 13.7. The van der Waals surface area contributed by atoms with Gasteiger partial charge in [0.05, 0.1) is 35.1 Å². The van der Waals surface area contributed by atoms with Crippen molar-refractivity contribution in [2.45, 2.75) is 23.3 Å². The highest BCUT2D eigenvalue weighted by atomic mass is 35.6. The molecule has 1 amide bonds. The summed E-state index contributed by atoms with van der Waals surface area (Å²) in [7, 11) is 0. The molecule has 6 nitrogen and oxygen atoms in total. The van der Waals surface area contributed by atoms with Crippen molar-refractivity contribution < 1.29 is 14.4 Å². The van der Waals surface area contributed by atoms with Crippen molar-refractivity contribution in [2.75, 3.05) is 4.90 Å². The van der Waals surface area contributed by atoms with Crippen LogP contribution in [-0.2, 0) is 17.9 Å². The Morgan fingerprint density at radius 3 is 2.30 bits per heavy atom. The second-order valence-electron chi connectivity index (χ2n) is 10.3. The number of nitrogens with zero attached hydrogens (tertiary/aromatic N) is 2. The number of carbonyl (C=O) groups is 2. The summed E-state index contributed by atoms with van der Waals surface area (Å²) in [5, 5.41) is 3.06. The van der Waals surface area contributed by atoms with Crippen molar-refractivity contribution in [1.29, 1.82) is 0 Å². The zero-order chi connectivity index (χ0) is 31.0. The lowest BCUT2D eigenvalue weighted by molar-refractivity contribution is 0.0964. The number of halogens is 4. The van der Waals surface area contributed by atoms with Gasteiger partial charge in [-0.25, -0.2) is 4.79 Å². The van der Waals surface area contributed by atoms with Gasteiger partial charge >= 0.3 is 0 Å². The fourth-order valence-electron chi connectivity index (χ4n) is 5.55. The fraction of sp³-hybridized carbons (Fsp3) is 0.118. The summed E-state index contributed by atoms with van der Waals surface area (Å²) >= 11 is 24.5. The number of rotatable bonds is 5. The van der Waals surface area contributed by atoms with Gasteiger partial charge in [0.25, 0.3) is 9.70 Å². The highest BCUT2D eigenvalue weighted by Gasteiger charge is 2.36. The molecule has 0 saturated carbocycles. The van der Waals surface area contributed by atoms with Crippen molar-refractivity contribution in [3.05, 3.63) is 142 Å². The normalized spacial score (nSPS) is 14.7. The average Bonchev–Trinajstić information content (AvgIpc) is 3.34. The number of allylic oxidation sites excluding steroid dienone is 3. The molecule has 0 spiro atoms. The summed E-state index contributed by atoms with van der Waals surface area (Å²) in [5.74, 6) is 0.960. The predicted molar refractivity (Wildman–Crippen MR) is 175 cm³/mol. The van der Waals surface area contributed by atoms with Crippen molar-refractivity contribution in [1.82, 2.24) is 9.88 Å². The number of carbonyl (C=O) groups excluding carboxylic acids is 3. The van der Waals surface area contributed by atoms with Crippen LogP contribution >= 0.6 is 46.4 Å². The Bertz CT molecular complexity index is 1920. The van der Waals surface area contributed by atoms with Crippen LogP contribution in [0.4, 0.5) is 5.69 Å². The third-order valence-electron chi connectivity index (χ3n) is 7.64. The van der Waals surface area contributed by atoms with Gasteiger partial charge in [0.2, 0.25) is 5.78 Å². The van der Waals surface area contributed by atoms with Crippen LogP contribution in [0, 0.1) is 0 Å². The van der Waals surface area contributed by atoms with Gasteiger partial charge in [0.1, 0.15) is 5.94 Å². The Morgan fingerprint density at radius 2 is 1.55 bits per heavy atom. The first-order valence-corrected chi connectivity index (χ1v) is 15.1. The average molecular weight is 663 g/mol. The van der Waals surface area contributed by atoms with Gasteiger partial charge in [-0.05, 0) is 47.0 Å². The molecule has 1 N–H and O–H groups in total. The molecule has 10 heteroatoms. The number of fused-ring (bicyclic) bond motifs is 2. The Kier molecular flexibility index (Phi) is 8.30. The molecule has 4 aromatic rings. The topological polar surface area (TPSA) is 71.4 Å². The Labute approximate surface area is 273 Å². The molecule has 0 unspecified atom stereocenters. The molecular formula is C34H23Cl4N3O3. The molecule has 0 atom stereocenters. The fourth-order valence-corrected chi connectivity index (χ4v) is 6.04. The number of amides is 1.